The quantitative estimate of drug-likeness (QED) is 0.686. The average molecular weight is 322 g/mol. The highest BCUT2D eigenvalue weighted by Gasteiger charge is 2.37. The molecule has 5 heteroatoms. The van der Waals surface area contributed by atoms with Gasteiger partial charge >= 0.3 is 0 Å². The van der Waals surface area contributed by atoms with E-state index in [2.05, 4.69) is 17.3 Å². The van der Waals surface area contributed by atoms with Crippen LogP contribution in [0.5, 0.6) is 5.75 Å². The molecule has 5 nitrogen and oxygen atoms in total. The van der Waals surface area contributed by atoms with Crippen molar-refractivity contribution < 1.29 is 14.8 Å². The van der Waals surface area contributed by atoms with Gasteiger partial charge in [-0.2, -0.15) is 0 Å². The number of H-pyrrole nitrogens is 1. The summed E-state index contributed by atoms with van der Waals surface area (Å²) in [6, 6.07) is 7.13. The lowest BCUT2D eigenvalue weighted by atomic mass is 9.88. The molecule has 0 bridgehead atoms. The van der Waals surface area contributed by atoms with E-state index < -0.39 is 0 Å². The molecule has 122 valence electrons. The number of aromatic hydroxyl groups is 1. The molecule has 1 aromatic carbocycles. The normalized spacial score (nSPS) is 22.4. The summed E-state index contributed by atoms with van der Waals surface area (Å²) in [5, 5.41) is 12.4. The number of phenols is 1. The number of ketones is 1. The smallest absolute Gasteiger partial charge is 0.225 e. The number of benzene rings is 1. The first kappa shape index (κ1) is 14.8. The van der Waals surface area contributed by atoms with Crippen LogP contribution >= 0.6 is 0 Å². The summed E-state index contributed by atoms with van der Waals surface area (Å²) in [5.41, 5.74) is 4.71. The largest absolute Gasteiger partial charge is 0.508 e. The van der Waals surface area contributed by atoms with Crippen molar-refractivity contribution in [3.05, 3.63) is 70.8 Å². The Morgan fingerprint density at radius 1 is 1.33 bits per heavy atom. The van der Waals surface area contributed by atoms with Crippen LogP contribution in [0.2, 0.25) is 0 Å². The summed E-state index contributed by atoms with van der Waals surface area (Å²) in [6.07, 6.45) is 8.67. The highest BCUT2D eigenvalue weighted by atomic mass is 16.3. The van der Waals surface area contributed by atoms with Crippen LogP contribution in [-0.2, 0) is 6.42 Å². The second-order valence-electron chi connectivity index (χ2n) is 6.41. The molecular weight excluding hydrogens is 302 g/mol. The van der Waals surface area contributed by atoms with Crippen LogP contribution in [0.15, 0.2) is 48.4 Å². The van der Waals surface area contributed by atoms with Gasteiger partial charge < -0.3 is 20.3 Å². The summed E-state index contributed by atoms with van der Waals surface area (Å²) in [4.78, 5) is 17.2. The molecule has 4 N–H and O–H groups in total. The number of carbonyl (C=O) groups is 1. The molecule has 2 unspecified atom stereocenters. The Bertz CT molecular complexity index is 846. The zero-order valence-corrected chi connectivity index (χ0v) is 13.5. The van der Waals surface area contributed by atoms with Crippen molar-refractivity contribution in [2.45, 2.75) is 12.5 Å². The van der Waals surface area contributed by atoms with E-state index in [1.54, 1.807) is 18.3 Å². The predicted molar refractivity (Wildman–Crippen MR) is 91.7 cm³/mol. The second-order valence-corrected chi connectivity index (χ2v) is 6.41. The van der Waals surface area contributed by atoms with Crippen molar-refractivity contribution in [3.8, 4) is 5.75 Å². The fourth-order valence-corrected chi connectivity index (χ4v) is 3.49. The van der Waals surface area contributed by atoms with Gasteiger partial charge in [-0.05, 0) is 29.3 Å². The van der Waals surface area contributed by atoms with E-state index in [0.29, 0.717) is 5.70 Å². The molecule has 1 aliphatic carbocycles. The Kier molecular flexibility index (Phi) is 3.50. The summed E-state index contributed by atoms with van der Waals surface area (Å²) in [7, 11) is 2.17. The van der Waals surface area contributed by atoms with E-state index in [1.807, 2.05) is 30.5 Å². The molecule has 1 aliphatic heterocycles. The lowest BCUT2D eigenvalue weighted by Gasteiger charge is -2.31. The third kappa shape index (κ3) is 2.43. The Balaban J connectivity index is 1.57. The van der Waals surface area contributed by atoms with Crippen LogP contribution in [-0.4, -0.2) is 29.5 Å². The number of aromatic amines is 1. The lowest BCUT2D eigenvalue weighted by Crippen LogP contribution is -3.10. The van der Waals surface area contributed by atoms with Gasteiger partial charge in [0.2, 0.25) is 5.78 Å². The van der Waals surface area contributed by atoms with Gasteiger partial charge in [0.15, 0.2) is 0 Å². The second kappa shape index (κ2) is 5.69. The number of aromatic nitrogens is 1. The highest BCUT2D eigenvalue weighted by Crippen LogP contribution is 2.30. The Hall–Kier alpha value is -2.79. The Morgan fingerprint density at radius 2 is 2.12 bits per heavy atom. The molecule has 0 spiro atoms. The van der Waals surface area contributed by atoms with Crippen molar-refractivity contribution >= 4 is 11.9 Å². The van der Waals surface area contributed by atoms with E-state index in [4.69, 9.17) is 0 Å². The Morgan fingerprint density at radius 3 is 2.92 bits per heavy atom. The molecular formula is C19H20N3O2+. The summed E-state index contributed by atoms with van der Waals surface area (Å²) < 4.78 is 0. The molecule has 4 rings (SSSR count). The van der Waals surface area contributed by atoms with E-state index in [1.165, 1.54) is 10.5 Å². The first-order chi connectivity index (χ1) is 11.6. The molecule has 0 saturated carbocycles. The van der Waals surface area contributed by atoms with Crippen LogP contribution in [0.25, 0.3) is 6.08 Å². The summed E-state index contributed by atoms with van der Waals surface area (Å²) in [6.45, 7) is 1.07. The first-order valence-electron chi connectivity index (χ1n) is 8.14. The van der Waals surface area contributed by atoms with E-state index in [-0.39, 0.29) is 17.6 Å². The van der Waals surface area contributed by atoms with Crippen LogP contribution in [0.1, 0.15) is 33.2 Å². The topological polar surface area (TPSA) is 69.6 Å². The third-order valence-corrected chi connectivity index (χ3v) is 4.85. The molecule has 2 heterocycles. The maximum atomic E-state index is 12.7. The van der Waals surface area contributed by atoms with Crippen molar-refractivity contribution in [2.24, 2.45) is 0 Å². The van der Waals surface area contributed by atoms with E-state index >= 15 is 0 Å². The molecule has 2 aliphatic rings. The van der Waals surface area contributed by atoms with E-state index in [0.717, 1.165) is 29.8 Å². The molecule has 2 aromatic rings. The number of hydrogen-bond donors (Lipinski definition) is 4. The minimum absolute atomic E-state index is 0.0116. The minimum Gasteiger partial charge on any atom is -0.508 e. The highest BCUT2D eigenvalue weighted by molar-refractivity contribution is 6.09. The third-order valence-electron chi connectivity index (χ3n) is 4.85. The average Bonchev–Trinajstić information content (AvgIpc) is 3.01. The summed E-state index contributed by atoms with van der Waals surface area (Å²) >= 11 is 0. The molecule has 0 saturated heterocycles. The zero-order chi connectivity index (χ0) is 16.7. The van der Waals surface area contributed by atoms with Crippen LogP contribution in [0.3, 0.4) is 0 Å². The van der Waals surface area contributed by atoms with Gasteiger partial charge in [-0.15, -0.1) is 0 Å². The minimum atomic E-state index is 0.0116. The fraction of sp³-hybridized carbons (Fsp3) is 0.211. The number of carbonyl (C=O) groups excluding carboxylic acids is 1. The molecule has 0 fully saturated rings. The molecule has 0 amide bonds. The first-order valence-corrected chi connectivity index (χ1v) is 8.14. The van der Waals surface area contributed by atoms with Crippen molar-refractivity contribution in [1.82, 2.24) is 10.3 Å². The van der Waals surface area contributed by atoms with Gasteiger partial charge in [0.05, 0.1) is 25.0 Å². The van der Waals surface area contributed by atoms with E-state index in [9.17, 15) is 9.90 Å². The molecule has 24 heavy (non-hydrogen) atoms. The monoisotopic (exact) mass is 322 g/mol. The number of hydrogen-bond acceptors (Lipinski definition) is 3. The molecule has 2 atom stereocenters. The molecule has 1 aromatic heterocycles. The van der Waals surface area contributed by atoms with Crippen LogP contribution in [0, 0.1) is 0 Å². The van der Waals surface area contributed by atoms with Gasteiger partial charge in [0, 0.05) is 30.5 Å². The maximum Gasteiger partial charge on any atom is 0.225 e. The number of rotatable bonds is 3. The van der Waals surface area contributed by atoms with Gasteiger partial charge in [-0.3, -0.25) is 4.79 Å². The van der Waals surface area contributed by atoms with Gasteiger partial charge in [0.25, 0.3) is 0 Å². The van der Waals surface area contributed by atoms with Crippen molar-refractivity contribution in [3.63, 3.8) is 0 Å². The zero-order valence-electron chi connectivity index (χ0n) is 13.5. The number of likely N-dealkylation sites (N-methyl/N-ethyl adjacent to an activating group) is 1. The van der Waals surface area contributed by atoms with Crippen LogP contribution < -0.4 is 10.2 Å². The molecule has 0 radical (unpaired) electrons. The number of nitrogens with one attached hydrogen (secondary N) is 3. The number of quaternary nitrogens is 1. The van der Waals surface area contributed by atoms with Gasteiger partial charge in [-0.25, -0.2) is 0 Å². The summed E-state index contributed by atoms with van der Waals surface area (Å²) in [5.74, 6) is 0.251. The SMILES string of the molecule is C[NH+]1CCc2c[nH]c3c2C1C=C(NC=Cc1ccc(O)cc1)C3=O. The van der Waals surface area contributed by atoms with Crippen molar-refractivity contribution in [1.29, 1.82) is 0 Å². The maximum absolute atomic E-state index is 12.7. The number of phenolic OH excluding ortho intramolecular Hbond substituents is 1. The number of allylic oxidation sites excluding steroid dienone is 1. The fourth-order valence-electron chi connectivity index (χ4n) is 3.49. The van der Waals surface area contributed by atoms with Crippen LogP contribution in [0.4, 0.5) is 0 Å². The number of Topliss-reactive ketones (excluding diaryl/α,β-unsaturated/α-hetero) is 1. The van der Waals surface area contributed by atoms with Gasteiger partial charge in [0.1, 0.15) is 11.8 Å². The van der Waals surface area contributed by atoms with Gasteiger partial charge in [-0.1, -0.05) is 12.1 Å². The lowest BCUT2D eigenvalue weighted by molar-refractivity contribution is -0.907. The van der Waals surface area contributed by atoms with Crippen molar-refractivity contribution in [2.75, 3.05) is 13.6 Å². The Labute approximate surface area is 140 Å². The predicted octanol–water partition coefficient (Wildman–Crippen LogP) is 1.17. The standard InChI is InChI=1S/C19H19N3O2/c1-22-9-7-13-11-21-18-17(13)16(22)10-15(19(18)24)20-8-6-12-2-4-14(23)5-3-12/h2-6,8,10-11,16,20-21,23H,7,9H2,1H3/p+1.